The third-order valence-electron chi connectivity index (χ3n) is 13.5. The standard InChI is InChI=1S/C54H36B2N2Si/c1-5-19-37(20-6-1)55-44-29-17-30-45-52(44)58-53-46(55)31-18-34-50(53)59(40-23-9-3-10-24-40,41-25-11-4-12-26-41)51-36-39(35-47(54(51)58)56(45)38-21-7-2-8-22-38)57-48-32-15-13-27-42(48)43-28-14-16-33-49(43)57/h1-36H. The van der Waals surface area contributed by atoms with E-state index in [1.807, 2.05) is 0 Å². The van der Waals surface area contributed by atoms with Gasteiger partial charge in [0.1, 0.15) is 0 Å². The van der Waals surface area contributed by atoms with Crippen LogP contribution in [0.3, 0.4) is 0 Å². The van der Waals surface area contributed by atoms with Crippen molar-refractivity contribution < 1.29 is 0 Å². The van der Waals surface area contributed by atoms with Crippen LogP contribution in [-0.2, 0) is 0 Å². The van der Waals surface area contributed by atoms with Crippen LogP contribution in [0.25, 0.3) is 27.5 Å². The molecule has 3 aliphatic rings. The molecule has 3 aliphatic heterocycles. The molecule has 59 heavy (non-hydrogen) atoms. The van der Waals surface area contributed by atoms with E-state index < -0.39 is 8.07 Å². The first-order valence-corrected chi connectivity index (χ1v) is 22.8. The Labute approximate surface area is 345 Å². The number of rotatable bonds is 5. The maximum atomic E-state index is 2.73. The minimum atomic E-state index is -3.05. The Morgan fingerprint density at radius 1 is 0.339 bits per heavy atom. The Bertz CT molecular complexity index is 3200. The Morgan fingerprint density at radius 2 is 0.780 bits per heavy atom. The molecule has 0 N–H and O–H groups in total. The molecule has 0 bridgehead atoms. The maximum absolute atomic E-state index is 3.05. The van der Waals surface area contributed by atoms with Crippen molar-refractivity contribution in [3.05, 3.63) is 218 Å². The van der Waals surface area contributed by atoms with Crippen LogP contribution in [0.15, 0.2) is 218 Å². The zero-order chi connectivity index (χ0) is 38.7. The molecule has 0 radical (unpaired) electrons. The summed E-state index contributed by atoms with van der Waals surface area (Å²) in [5, 5.41) is 8.24. The van der Waals surface area contributed by atoms with E-state index in [9.17, 15) is 0 Å². The number of hydrogen-bond donors (Lipinski definition) is 0. The third kappa shape index (κ3) is 4.38. The number of fused-ring (bicyclic) bond motifs is 3. The first-order chi connectivity index (χ1) is 29.3. The summed E-state index contributed by atoms with van der Waals surface area (Å²) in [7, 11) is -3.05. The second-order valence-corrected chi connectivity index (χ2v) is 20.1. The highest BCUT2D eigenvalue weighted by molar-refractivity contribution is 7.22. The molecule has 2 nitrogen and oxygen atoms in total. The maximum Gasteiger partial charge on any atom is 0.246 e. The van der Waals surface area contributed by atoms with Gasteiger partial charge in [0.25, 0.3) is 0 Å². The van der Waals surface area contributed by atoms with Crippen molar-refractivity contribution in [3.8, 4) is 5.69 Å². The van der Waals surface area contributed by atoms with Crippen molar-refractivity contribution in [3.63, 3.8) is 0 Å². The lowest BCUT2D eigenvalue weighted by atomic mass is 9.30. The third-order valence-corrected chi connectivity index (χ3v) is 18.3. The number of para-hydroxylation sites is 4. The summed E-state index contributed by atoms with van der Waals surface area (Å²) >= 11 is 0. The fraction of sp³-hybridized carbons (Fsp3) is 0. The van der Waals surface area contributed by atoms with Crippen LogP contribution in [0.4, 0.5) is 17.1 Å². The van der Waals surface area contributed by atoms with Gasteiger partial charge in [0.15, 0.2) is 8.07 Å². The summed E-state index contributed by atoms with van der Waals surface area (Å²) in [6.45, 7) is 0.109. The summed E-state index contributed by atoms with van der Waals surface area (Å²) in [4.78, 5) is 2.73. The number of anilines is 3. The molecule has 10 aromatic rings. The largest absolute Gasteiger partial charge is 0.313 e. The van der Waals surface area contributed by atoms with E-state index in [0.717, 1.165) is 0 Å². The first kappa shape index (κ1) is 33.0. The van der Waals surface area contributed by atoms with Crippen LogP contribution >= 0.6 is 0 Å². The molecule has 0 spiro atoms. The van der Waals surface area contributed by atoms with Crippen molar-refractivity contribution in [2.75, 3.05) is 4.90 Å². The van der Waals surface area contributed by atoms with Gasteiger partial charge < -0.3 is 9.47 Å². The lowest BCUT2D eigenvalue weighted by molar-refractivity contribution is 1.18. The number of nitrogens with zero attached hydrogens (tertiary/aromatic N) is 2. The van der Waals surface area contributed by atoms with Gasteiger partial charge in [-0.15, -0.1) is 0 Å². The summed E-state index contributed by atoms with van der Waals surface area (Å²) in [6.07, 6.45) is 0. The fourth-order valence-electron chi connectivity index (χ4n) is 11.4. The predicted octanol–water partition coefficient (Wildman–Crippen LogP) is 5.60. The molecule has 9 aromatic carbocycles. The molecule has 0 saturated heterocycles. The van der Waals surface area contributed by atoms with E-state index in [-0.39, 0.29) is 13.4 Å². The van der Waals surface area contributed by atoms with Crippen molar-refractivity contribution in [2.24, 2.45) is 0 Å². The van der Waals surface area contributed by atoms with Crippen LogP contribution in [0.2, 0.25) is 0 Å². The van der Waals surface area contributed by atoms with E-state index >= 15 is 0 Å². The fourth-order valence-corrected chi connectivity index (χ4v) is 16.6. The highest BCUT2D eigenvalue weighted by atomic mass is 28.3. The van der Waals surface area contributed by atoms with Gasteiger partial charge in [-0.2, -0.15) is 0 Å². The number of hydrogen-bond acceptors (Lipinski definition) is 1. The summed E-state index contributed by atoms with van der Waals surface area (Å²) in [5.74, 6) is 0. The highest BCUT2D eigenvalue weighted by Gasteiger charge is 2.55. The normalized spacial score (nSPS) is 14.1. The molecule has 1 aromatic heterocycles. The molecule has 4 heterocycles. The van der Waals surface area contributed by atoms with Gasteiger partial charge >= 0.3 is 0 Å². The van der Waals surface area contributed by atoms with Crippen molar-refractivity contribution in [1.29, 1.82) is 0 Å². The lowest BCUT2D eigenvalue weighted by Gasteiger charge is -2.52. The zero-order valence-electron chi connectivity index (χ0n) is 32.3. The summed E-state index contributed by atoms with van der Waals surface area (Å²) in [5.41, 5.74) is 15.8. The summed E-state index contributed by atoms with van der Waals surface area (Å²) < 4.78 is 2.54. The predicted molar refractivity (Wildman–Crippen MR) is 255 cm³/mol. The van der Waals surface area contributed by atoms with E-state index in [1.165, 1.54) is 98.1 Å². The van der Waals surface area contributed by atoms with Gasteiger partial charge in [-0.05, 0) is 66.9 Å². The average Bonchev–Trinajstić information content (AvgIpc) is 3.65. The molecule has 0 amide bonds. The van der Waals surface area contributed by atoms with Gasteiger partial charge in [-0.3, -0.25) is 0 Å². The monoisotopic (exact) mass is 762 g/mol. The quantitative estimate of drug-likeness (QED) is 0.208. The van der Waals surface area contributed by atoms with Crippen molar-refractivity contribution >= 4 is 114 Å². The minimum Gasteiger partial charge on any atom is -0.313 e. The van der Waals surface area contributed by atoms with Crippen LogP contribution < -0.4 is 58.4 Å². The van der Waals surface area contributed by atoms with Crippen LogP contribution in [0.1, 0.15) is 0 Å². The molecule has 0 atom stereocenters. The molecule has 5 heteroatoms. The first-order valence-electron chi connectivity index (χ1n) is 20.8. The average molecular weight is 763 g/mol. The van der Waals surface area contributed by atoms with Gasteiger partial charge in [0.05, 0.1) is 11.0 Å². The Hall–Kier alpha value is -7.07. The zero-order valence-corrected chi connectivity index (χ0v) is 33.3. The van der Waals surface area contributed by atoms with Crippen LogP contribution in [0, 0.1) is 0 Å². The van der Waals surface area contributed by atoms with Gasteiger partial charge in [0.2, 0.25) is 13.4 Å². The second kappa shape index (κ2) is 12.5. The molecule has 0 unspecified atom stereocenters. The molecule has 13 rings (SSSR count). The Kier molecular flexibility index (Phi) is 6.96. The van der Waals surface area contributed by atoms with Gasteiger partial charge in [0, 0.05) is 33.5 Å². The molecule has 0 saturated carbocycles. The molecule has 0 fully saturated rings. The van der Waals surface area contributed by atoms with Gasteiger partial charge in [-0.25, -0.2) is 0 Å². The molecular weight excluding hydrogens is 726 g/mol. The van der Waals surface area contributed by atoms with E-state index in [2.05, 4.69) is 228 Å². The SMILES string of the molecule is c1ccc(B2c3cccc4c3N3c5c2cccc5[Si](c2ccccc2)(c2ccccc2)c2cc(-n5c6ccccc6c6ccccc65)cc(c23)B4c2ccccc2)cc1. The van der Waals surface area contributed by atoms with Gasteiger partial charge in [-0.1, -0.05) is 205 Å². The minimum absolute atomic E-state index is 0.0191. The van der Waals surface area contributed by atoms with Crippen LogP contribution in [0.5, 0.6) is 0 Å². The van der Waals surface area contributed by atoms with Crippen molar-refractivity contribution in [1.82, 2.24) is 4.57 Å². The van der Waals surface area contributed by atoms with Crippen LogP contribution in [-0.4, -0.2) is 26.1 Å². The van der Waals surface area contributed by atoms with E-state index in [4.69, 9.17) is 0 Å². The molecular formula is C54H36B2N2Si. The highest BCUT2D eigenvalue weighted by Crippen LogP contribution is 2.42. The summed E-state index contributed by atoms with van der Waals surface area (Å²) in [6, 6.07) is 83.0. The number of benzene rings is 9. The second-order valence-electron chi connectivity index (χ2n) is 16.3. The number of aromatic nitrogens is 1. The smallest absolute Gasteiger partial charge is 0.246 e. The Morgan fingerprint density at radius 3 is 1.34 bits per heavy atom. The topological polar surface area (TPSA) is 8.17 Å². The van der Waals surface area contributed by atoms with E-state index in [0.29, 0.717) is 0 Å². The lowest BCUT2D eigenvalue weighted by Crippen LogP contribution is -2.81. The van der Waals surface area contributed by atoms with Crippen molar-refractivity contribution in [2.45, 2.75) is 0 Å². The molecule has 0 aliphatic carbocycles. The van der Waals surface area contributed by atoms with E-state index in [1.54, 1.807) is 0 Å². The molecule has 272 valence electrons. The Balaban J connectivity index is 1.27.